The molecule has 0 aliphatic heterocycles. The van der Waals surface area contributed by atoms with Gasteiger partial charge in [0.1, 0.15) is 5.75 Å². The predicted octanol–water partition coefficient (Wildman–Crippen LogP) is 3.28. The Morgan fingerprint density at radius 2 is 2.06 bits per heavy atom. The molecule has 6 heteroatoms. The Hall–Kier alpha value is -0.750. The minimum Gasteiger partial charge on any atom is -0.483 e. The van der Waals surface area contributed by atoms with Gasteiger partial charge >= 0.3 is 6.18 Å². The third kappa shape index (κ3) is 5.41. The van der Waals surface area contributed by atoms with Gasteiger partial charge in [0, 0.05) is 6.04 Å². The van der Waals surface area contributed by atoms with E-state index in [0.29, 0.717) is 10.9 Å². The molecular weight excluding hydrogens is 299 g/mol. The smallest absolute Gasteiger partial charge is 0.422 e. The van der Waals surface area contributed by atoms with Crippen molar-refractivity contribution in [3.8, 4) is 5.75 Å². The van der Waals surface area contributed by atoms with Crippen molar-refractivity contribution in [3.63, 3.8) is 0 Å². The van der Waals surface area contributed by atoms with Gasteiger partial charge in [-0.2, -0.15) is 13.2 Å². The van der Waals surface area contributed by atoms with Crippen LogP contribution in [0.2, 0.25) is 0 Å². The molecule has 0 radical (unpaired) electrons. The summed E-state index contributed by atoms with van der Waals surface area (Å²) in [6.07, 6.45) is -3.66. The summed E-state index contributed by atoms with van der Waals surface area (Å²) >= 11 is 3.17. The quantitative estimate of drug-likeness (QED) is 0.926. The summed E-state index contributed by atoms with van der Waals surface area (Å²) in [6.45, 7) is 0.570. The van der Waals surface area contributed by atoms with Crippen LogP contribution in [-0.2, 0) is 6.42 Å². The zero-order valence-corrected chi connectivity index (χ0v) is 10.8. The first-order chi connectivity index (χ1) is 7.78. The second kappa shape index (κ2) is 5.73. The fourth-order valence-electron chi connectivity index (χ4n) is 1.32. The zero-order valence-electron chi connectivity index (χ0n) is 9.22. The van der Waals surface area contributed by atoms with E-state index in [2.05, 4.69) is 20.7 Å². The summed E-state index contributed by atoms with van der Waals surface area (Å²) in [5, 5.41) is 0. The van der Waals surface area contributed by atoms with E-state index >= 15 is 0 Å². The van der Waals surface area contributed by atoms with Crippen molar-refractivity contribution < 1.29 is 17.9 Å². The van der Waals surface area contributed by atoms with Gasteiger partial charge in [0.05, 0.1) is 4.47 Å². The van der Waals surface area contributed by atoms with Crippen LogP contribution in [0.3, 0.4) is 0 Å². The maximum Gasteiger partial charge on any atom is 0.422 e. The number of nitrogens with two attached hydrogens (primary N) is 1. The van der Waals surface area contributed by atoms with Gasteiger partial charge in [-0.15, -0.1) is 0 Å². The Labute approximate surface area is 106 Å². The molecule has 1 aromatic carbocycles. The van der Waals surface area contributed by atoms with Crippen LogP contribution in [-0.4, -0.2) is 18.8 Å². The number of alkyl halides is 3. The number of ether oxygens (including phenoxy) is 1. The maximum atomic E-state index is 12.0. The molecule has 0 bridgehead atoms. The molecule has 0 fully saturated rings. The molecule has 0 spiro atoms. The summed E-state index contributed by atoms with van der Waals surface area (Å²) < 4.78 is 41.1. The molecule has 0 aliphatic carbocycles. The van der Waals surface area contributed by atoms with Gasteiger partial charge in [-0.3, -0.25) is 0 Å². The van der Waals surface area contributed by atoms with Crippen LogP contribution in [0.5, 0.6) is 5.75 Å². The maximum absolute atomic E-state index is 12.0. The monoisotopic (exact) mass is 311 g/mol. The first kappa shape index (κ1) is 14.3. The van der Waals surface area contributed by atoms with Crippen LogP contribution in [0.1, 0.15) is 12.5 Å². The van der Waals surface area contributed by atoms with Crippen LogP contribution in [0, 0.1) is 0 Å². The van der Waals surface area contributed by atoms with Gasteiger partial charge in [0.25, 0.3) is 0 Å². The average molecular weight is 312 g/mol. The molecule has 0 aromatic heterocycles. The van der Waals surface area contributed by atoms with Crippen molar-refractivity contribution in [2.24, 2.45) is 5.73 Å². The topological polar surface area (TPSA) is 35.2 Å². The highest BCUT2D eigenvalue weighted by molar-refractivity contribution is 9.10. The van der Waals surface area contributed by atoms with E-state index in [1.807, 2.05) is 6.92 Å². The number of hydrogen-bond acceptors (Lipinski definition) is 2. The van der Waals surface area contributed by atoms with Crippen LogP contribution in [0.15, 0.2) is 22.7 Å². The Balaban J connectivity index is 2.69. The van der Waals surface area contributed by atoms with Gasteiger partial charge in [0.2, 0.25) is 0 Å². The summed E-state index contributed by atoms with van der Waals surface area (Å²) in [5.74, 6) is 0.177. The minimum absolute atomic E-state index is 0.00356. The molecule has 1 atom stereocenters. The lowest BCUT2D eigenvalue weighted by molar-refractivity contribution is -0.153. The minimum atomic E-state index is -4.33. The van der Waals surface area contributed by atoms with Crippen LogP contribution in [0.25, 0.3) is 0 Å². The van der Waals surface area contributed by atoms with E-state index in [1.54, 1.807) is 12.1 Å². The molecule has 0 saturated carbocycles. The molecule has 2 nitrogen and oxygen atoms in total. The number of rotatable bonds is 4. The lowest BCUT2D eigenvalue weighted by Crippen LogP contribution is -2.19. The second-order valence-corrected chi connectivity index (χ2v) is 4.70. The predicted molar refractivity (Wildman–Crippen MR) is 63.0 cm³/mol. The van der Waals surface area contributed by atoms with Crippen LogP contribution >= 0.6 is 15.9 Å². The molecule has 1 aromatic rings. The average Bonchev–Trinajstić information content (AvgIpc) is 2.13. The van der Waals surface area contributed by atoms with Gasteiger partial charge < -0.3 is 10.5 Å². The van der Waals surface area contributed by atoms with Crippen molar-refractivity contribution in [1.82, 2.24) is 0 Å². The van der Waals surface area contributed by atoms with Gasteiger partial charge in [-0.05, 0) is 47.0 Å². The fraction of sp³-hybridized carbons (Fsp3) is 0.455. The van der Waals surface area contributed by atoms with E-state index in [9.17, 15) is 13.2 Å². The number of hydrogen-bond donors (Lipinski definition) is 1. The SMILES string of the molecule is CC(N)Cc1ccc(OCC(F)(F)F)c(Br)c1. The Bertz CT molecular complexity index is 379. The lowest BCUT2D eigenvalue weighted by atomic mass is 10.1. The third-order valence-electron chi connectivity index (χ3n) is 1.95. The fourth-order valence-corrected chi connectivity index (χ4v) is 1.86. The van der Waals surface area contributed by atoms with E-state index in [4.69, 9.17) is 5.73 Å². The van der Waals surface area contributed by atoms with Gasteiger partial charge in [0.15, 0.2) is 6.61 Å². The molecule has 17 heavy (non-hydrogen) atoms. The van der Waals surface area contributed by atoms with Crippen LogP contribution in [0.4, 0.5) is 13.2 Å². The van der Waals surface area contributed by atoms with E-state index in [0.717, 1.165) is 5.56 Å². The van der Waals surface area contributed by atoms with E-state index in [1.165, 1.54) is 6.07 Å². The normalized spacial score (nSPS) is 13.5. The lowest BCUT2D eigenvalue weighted by Gasteiger charge is -2.12. The largest absolute Gasteiger partial charge is 0.483 e. The number of benzene rings is 1. The van der Waals surface area contributed by atoms with Crippen molar-refractivity contribution in [1.29, 1.82) is 0 Å². The van der Waals surface area contributed by atoms with Crippen molar-refractivity contribution >= 4 is 15.9 Å². The Morgan fingerprint density at radius 3 is 2.53 bits per heavy atom. The highest BCUT2D eigenvalue weighted by Crippen LogP contribution is 2.28. The molecule has 0 aliphatic rings. The first-order valence-electron chi connectivity index (χ1n) is 5.01. The summed E-state index contributed by atoms with van der Waals surface area (Å²) in [5.41, 5.74) is 6.58. The van der Waals surface area contributed by atoms with Gasteiger partial charge in [-0.1, -0.05) is 6.07 Å². The van der Waals surface area contributed by atoms with Crippen molar-refractivity contribution in [3.05, 3.63) is 28.2 Å². The molecule has 0 amide bonds. The highest BCUT2D eigenvalue weighted by atomic mass is 79.9. The molecule has 96 valence electrons. The van der Waals surface area contributed by atoms with Gasteiger partial charge in [-0.25, -0.2) is 0 Å². The molecule has 1 rings (SSSR count). The number of halogens is 4. The first-order valence-corrected chi connectivity index (χ1v) is 5.81. The summed E-state index contributed by atoms with van der Waals surface area (Å²) in [6, 6.07) is 4.94. The molecule has 0 saturated heterocycles. The zero-order chi connectivity index (χ0) is 13.1. The molecule has 1 unspecified atom stereocenters. The summed E-state index contributed by atoms with van der Waals surface area (Å²) in [4.78, 5) is 0. The molecule has 0 heterocycles. The van der Waals surface area contributed by atoms with E-state index in [-0.39, 0.29) is 11.8 Å². The Kier molecular flexibility index (Phi) is 4.82. The molecular formula is C11H13BrF3NO. The van der Waals surface area contributed by atoms with Crippen molar-refractivity contribution in [2.45, 2.75) is 25.6 Å². The van der Waals surface area contributed by atoms with Crippen LogP contribution < -0.4 is 10.5 Å². The Morgan fingerprint density at radius 1 is 1.41 bits per heavy atom. The standard InChI is InChI=1S/C11H13BrF3NO/c1-7(16)4-8-2-3-10(9(12)5-8)17-6-11(13,14)15/h2-3,5,7H,4,6,16H2,1H3. The highest BCUT2D eigenvalue weighted by Gasteiger charge is 2.28. The second-order valence-electron chi connectivity index (χ2n) is 3.85. The van der Waals surface area contributed by atoms with E-state index < -0.39 is 12.8 Å². The summed E-state index contributed by atoms with van der Waals surface area (Å²) in [7, 11) is 0. The van der Waals surface area contributed by atoms with Crippen molar-refractivity contribution in [2.75, 3.05) is 6.61 Å². The third-order valence-corrected chi connectivity index (χ3v) is 2.57. The molecule has 2 N–H and O–H groups in total.